The van der Waals surface area contributed by atoms with Crippen molar-refractivity contribution in [2.24, 2.45) is 4.99 Å². The van der Waals surface area contributed by atoms with E-state index in [2.05, 4.69) is 10.3 Å². The average Bonchev–Trinajstić information content (AvgIpc) is 2.33. The van der Waals surface area contributed by atoms with Crippen molar-refractivity contribution in [2.75, 3.05) is 5.32 Å². The van der Waals surface area contributed by atoms with Crippen LogP contribution in [0.2, 0.25) is 0 Å². The van der Waals surface area contributed by atoms with Crippen LogP contribution in [0.5, 0.6) is 0 Å². The average molecular weight is 233 g/mol. The number of nitrogens with one attached hydrogen (secondary N) is 1. The third-order valence-electron chi connectivity index (χ3n) is 2.51. The molecule has 1 amide bonds. The molecule has 0 saturated heterocycles. The minimum atomic E-state index is -0.451. The molecule has 0 aromatic heterocycles. The molecule has 1 aliphatic heterocycles. The maximum atomic E-state index is 11.5. The number of amides is 1. The zero-order valence-corrected chi connectivity index (χ0v) is 9.48. The molecule has 0 fully saturated rings. The fourth-order valence-electron chi connectivity index (χ4n) is 1.75. The maximum absolute atomic E-state index is 11.5. The van der Waals surface area contributed by atoms with E-state index in [1.54, 1.807) is 19.9 Å². The van der Waals surface area contributed by atoms with Gasteiger partial charge in [-0.25, -0.2) is 0 Å². The number of anilines is 1. The summed E-state index contributed by atoms with van der Waals surface area (Å²) in [6.07, 6.45) is 0.210. The number of rotatable bonds is 1. The van der Waals surface area contributed by atoms with Crippen LogP contribution in [0.25, 0.3) is 0 Å². The van der Waals surface area contributed by atoms with Crippen molar-refractivity contribution in [1.82, 2.24) is 0 Å². The molecule has 2 rings (SSSR count). The first-order chi connectivity index (χ1) is 7.97. The highest BCUT2D eigenvalue weighted by molar-refractivity contribution is 6.10. The number of carbonyl (C=O) groups excluding carboxylic acids is 1. The molecule has 1 aromatic rings. The van der Waals surface area contributed by atoms with Crippen molar-refractivity contribution in [3.8, 4) is 0 Å². The summed E-state index contributed by atoms with van der Waals surface area (Å²) in [5.41, 5.74) is 2.11. The monoisotopic (exact) mass is 233 g/mol. The summed E-state index contributed by atoms with van der Waals surface area (Å²) in [6, 6.07) is 2.97. The molecular formula is C11H11N3O3. The van der Waals surface area contributed by atoms with E-state index in [0.717, 1.165) is 0 Å². The van der Waals surface area contributed by atoms with Crippen LogP contribution in [0.4, 0.5) is 17.1 Å². The van der Waals surface area contributed by atoms with Gasteiger partial charge in [0.25, 0.3) is 5.69 Å². The molecule has 1 N–H and O–H groups in total. The number of hydrogen-bond acceptors (Lipinski definition) is 4. The largest absolute Gasteiger partial charge is 0.324 e. The Balaban J connectivity index is 2.61. The molecular weight excluding hydrogens is 222 g/mol. The Labute approximate surface area is 97.5 Å². The van der Waals surface area contributed by atoms with Crippen LogP contribution in [0.1, 0.15) is 18.9 Å². The summed E-state index contributed by atoms with van der Waals surface area (Å²) in [5, 5.41) is 13.5. The second kappa shape index (κ2) is 3.97. The summed E-state index contributed by atoms with van der Waals surface area (Å²) in [6.45, 7) is 3.35. The second-order valence-corrected chi connectivity index (χ2v) is 3.98. The van der Waals surface area contributed by atoms with Crippen molar-refractivity contribution >= 4 is 28.7 Å². The minimum absolute atomic E-state index is 0.0106. The van der Waals surface area contributed by atoms with E-state index in [4.69, 9.17) is 0 Å². The molecule has 1 aliphatic rings. The maximum Gasteiger partial charge on any atom is 0.274 e. The lowest BCUT2D eigenvalue weighted by Crippen LogP contribution is -2.12. The fourth-order valence-corrected chi connectivity index (χ4v) is 1.75. The van der Waals surface area contributed by atoms with Gasteiger partial charge in [-0.3, -0.25) is 19.9 Å². The summed E-state index contributed by atoms with van der Waals surface area (Å²) >= 11 is 0. The van der Waals surface area contributed by atoms with Gasteiger partial charge in [0.15, 0.2) is 0 Å². The molecule has 88 valence electrons. The van der Waals surface area contributed by atoms with Crippen LogP contribution >= 0.6 is 0 Å². The van der Waals surface area contributed by atoms with Gasteiger partial charge in [-0.05, 0) is 19.9 Å². The molecule has 0 aliphatic carbocycles. The van der Waals surface area contributed by atoms with Gasteiger partial charge < -0.3 is 5.32 Å². The molecule has 0 atom stereocenters. The number of aryl methyl sites for hydroxylation is 1. The number of nitrogens with zero attached hydrogens (tertiary/aromatic N) is 2. The highest BCUT2D eigenvalue weighted by atomic mass is 16.6. The van der Waals surface area contributed by atoms with Crippen molar-refractivity contribution in [3.05, 3.63) is 27.8 Å². The van der Waals surface area contributed by atoms with E-state index < -0.39 is 4.92 Å². The molecule has 0 spiro atoms. The van der Waals surface area contributed by atoms with Crippen molar-refractivity contribution in [2.45, 2.75) is 20.3 Å². The Morgan fingerprint density at radius 2 is 2.12 bits per heavy atom. The molecule has 1 aromatic carbocycles. The Bertz CT molecular complexity index is 549. The Kier molecular flexibility index (Phi) is 2.63. The van der Waals surface area contributed by atoms with Crippen LogP contribution in [-0.4, -0.2) is 16.5 Å². The van der Waals surface area contributed by atoms with E-state index >= 15 is 0 Å². The van der Waals surface area contributed by atoms with Gasteiger partial charge in [0.1, 0.15) is 0 Å². The van der Waals surface area contributed by atoms with Gasteiger partial charge in [-0.15, -0.1) is 0 Å². The third kappa shape index (κ3) is 2.15. The first-order valence-electron chi connectivity index (χ1n) is 5.10. The number of hydrogen-bond donors (Lipinski definition) is 1. The predicted molar refractivity (Wildman–Crippen MR) is 63.8 cm³/mol. The lowest BCUT2D eigenvalue weighted by atomic mass is 10.1. The predicted octanol–water partition coefficient (Wildman–Crippen LogP) is 2.34. The summed E-state index contributed by atoms with van der Waals surface area (Å²) in [5.74, 6) is -0.154. The van der Waals surface area contributed by atoms with Crippen LogP contribution in [-0.2, 0) is 4.79 Å². The smallest absolute Gasteiger partial charge is 0.274 e. The first kappa shape index (κ1) is 11.3. The molecule has 0 radical (unpaired) electrons. The van der Waals surface area contributed by atoms with Gasteiger partial charge in [0.2, 0.25) is 5.91 Å². The molecule has 0 unspecified atom stereocenters. The van der Waals surface area contributed by atoms with Gasteiger partial charge in [0.05, 0.1) is 22.7 Å². The molecule has 6 heteroatoms. The quantitative estimate of drug-likeness (QED) is 0.596. The van der Waals surface area contributed by atoms with E-state index in [1.807, 2.05) is 0 Å². The number of aliphatic imine (C=N–C) groups is 1. The molecule has 0 bridgehead atoms. The zero-order valence-electron chi connectivity index (χ0n) is 9.48. The van der Waals surface area contributed by atoms with Gasteiger partial charge in [-0.2, -0.15) is 0 Å². The Morgan fingerprint density at radius 3 is 2.76 bits per heavy atom. The lowest BCUT2D eigenvalue weighted by molar-refractivity contribution is -0.385. The normalized spacial score (nSPS) is 14.5. The number of fused-ring (bicyclic) bond motifs is 1. The Morgan fingerprint density at radius 1 is 1.41 bits per heavy atom. The van der Waals surface area contributed by atoms with Crippen LogP contribution in [0.15, 0.2) is 17.1 Å². The second-order valence-electron chi connectivity index (χ2n) is 3.98. The summed E-state index contributed by atoms with van der Waals surface area (Å²) in [4.78, 5) is 26.0. The number of nitro benzene ring substituents is 1. The van der Waals surface area contributed by atoms with Gasteiger partial charge in [0, 0.05) is 17.3 Å². The van der Waals surface area contributed by atoms with Crippen LogP contribution in [0, 0.1) is 17.0 Å². The van der Waals surface area contributed by atoms with Crippen LogP contribution in [0.3, 0.4) is 0 Å². The number of carbonyl (C=O) groups is 1. The summed E-state index contributed by atoms with van der Waals surface area (Å²) < 4.78 is 0. The number of nitro groups is 1. The molecule has 6 nitrogen and oxygen atoms in total. The fraction of sp³-hybridized carbons (Fsp3) is 0.273. The standard InChI is InChI=1S/C11H11N3O3/c1-6-3-8-9(5-10(6)14(16)17)12-7(2)4-11(15)13-8/h3,5H,4H2,1-2H3,(H,13,15). The minimum Gasteiger partial charge on any atom is -0.324 e. The lowest BCUT2D eigenvalue weighted by Gasteiger charge is -2.06. The van der Waals surface area contributed by atoms with E-state index in [9.17, 15) is 14.9 Å². The van der Waals surface area contributed by atoms with E-state index in [1.165, 1.54) is 6.07 Å². The number of benzene rings is 1. The summed E-state index contributed by atoms with van der Waals surface area (Å²) in [7, 11) is 0. The third-order valence-corrected chi connectivity index (χ3v) is 2.51. The highest BCUT2D eigenvalue weighted by Gasteiger charge is 2.19. The van der Waals surface area contributed by atoms with Crippen LogP contribution < -0.4 is 5.32 Å². The van der Waals surface area contributed by atoms with E-state index in [0.29, 0.717) is 22.6 Å². The topological polar surface area (TPSA) is 84.6 Å². The zero-order chi connectivity index (χ0) is 12.6. The van der Waals surface area contributed by atoms with Crippen molar-refractivity contribution < 1.29 is 9.72 Å². The van der Waals surface area contributed by atoms with E-state index in [-0.39, 0.29) is 18.0 Å². The first-order valence-corrected chi connectivity index (χ1v) is 5.10. The molecule has 1 heterocycles. The van der Waals surface area contributed by atoms with Crippen molar-refractivity contribution in [3.63, 3.8) is 0 Å². The van der Waals surface area contributed by atoms with Crippen molar-refractivity contribution in [1.29, 1.82) is 0 Å². The van der Waals surface area contributed by atoms with Gasteiger partial charge in [-0.1, -0.05) is 0 Å². The SMILES string of the molecule is CC1=Nc2cc([N+](=O)[O-])c(C)cc2NC(=O)C1. The molecule has 17 heavy (non-hydrogen) atoms. The van der Waals surface area contributed by atoms with Gasteiger partial charge >= 0.3 is 0 Å². The highest BCUT2D eigenvalue weighted by Crippen LogP contribution is 2.34. The molecule has 0 saturated carbocycles. The Hall–Kier alpha value is -2.24.